The maximum atomic E-state index is 12.8. The topological polar surface area (TPSA) is 102 Å². The number of amides is 1. The van der Waals surface area contributed by atoms with Gasteiger partial charge in [0.05, 0.1) is 13.4 Å². The van der Waals surface area contributed by atoms with Crippen LogP contribution in [0.1, 0.15) is 11.1 Å². The van der Waals surface area contributed by atoms with Crippen molar-refractivity contribution in [3.05, 3.63) is 71.8 Å². The fraction of sp³-hybridized carbons (Fsp3) is 0.300. The highest BCUT2D eigenvalue weighted by Gasteiger charge is 2.28. The van der Waals surface area contributed by atoms with Gasteiger partial charge >= 0.3 is 5.97 Å². The van der Waals surface area contributed by atoms with Gasteiger partial charge in [0, 0.05) is 6.42 Å². The van der Waals surface area contributed by atoms with E-state index >= 15 is 0 Å². The van der Waals surface area contributed by atoms with Gasteiger partial charge in [-0.2, -0.15) is 0 Å². The first-order valence-corrected chi connectivity index (χ1v) is 10.6. The molecule has 2 aromatic carbocycles. The van der Waals surface area contributed by atoms with E-state index in [0.717, 1.165) is 17.4 Å². The van der Waals surface area contributed by atoms with E-state index in [1.54, 1.807) is 24.3 Å². The number of ether oxygens (including phenoxy) is 1. The van der Waals surface area contributed by atoms with Gasteiger partial charge in [0.2, 0.25) is 15.9 Å². The number of rotatable bonds is 9. The third kappa shape index (κ3) is 7.13. The highest BCUT2D eigenvalue weighted by Crippen LogP contribution is 2.08. The van der Waals surface area contributed by atoms with Crippen molar-refractivity contribution in [2.24, 2.45) is 0 Å². The molecule has 0 heterocycles. The summed E-state index contributed by atoms with van der Waals surface area (Å²) >= 11 is 0. The number of benzene rings is 2. The molecule has 0 aliphatic heterocycles. The van der Waals surface area contributed by atoms with Crippen LogP contribution in [0.5, 0.6) is 0 Å². The Kier molecular flexibility index (Phi) is 7.71. The third-order valence-corrected chi connectivity index (χ3v) is 4.75. The normalized spacial score (nSPS) is 13.4. The molecule has 1 amide bonds. The van der Waals surface area contributed by atoms with Crippen molar-refractivity contribution < 1.29 is 22.7 Å². The Bertz CT molecular complexity index is 885. The Morgan fingerprint density at radius 1 is 0.893 bits per heavy atom. The first-order chi connectivity index (χ1) is 13.3. The van der Waals surface area contributed by atoms with Gasteiger partial charge in [0.1, 0.15) is 12.1 Å². The molecule has 7 nitrogen and oxygen atoms in total. The van der Waals surface area contributed by atoms with Crippen molar-refractivity contribution in [1.82, 2.24) is 10.0 Å². The first-order valence-electron chi connectivity index (χ1n) is 8.72. The van der Waals surface area contributed by atoms with Crippen LogP contribution in [0, 0.1) is 0 Å². The summed E-state index contributed by atoms with van der Waals surface area (Å²) in [4.78, 5) is 24.9. The molecule has 2 aromatic rings. The molecule has 0 aliphatic carbocycles. The summed E-state index contributed by atoms with van der Waals surface area (Å²) in [5.41, 5.74) is 1.63. The zero-order valence-electron chi connectivity index (χ0n) is 15.8. The molecule has 0 unspecified atom stereocenters. The summed E-state index contributed by atoms with van der Waals surface area (Å²) in [6.45, 7) is 0. The predicted octanol–water partition coefficient (Wildman–Crippen LogP) is 1.05. The predicted molar refractivity (Wildman–Crippen MR) is 106 cm³/mol. The number of carbonyl (C=O) groups is 2. The van der Waals surface area contributed by atoms with Crippen molar-refractivity contribution in [2.45, 2.75) is 24.9 Å². The number of sulfonamides is 1. The van der Waals surface area contributed by atoms with Gasteiger partial charge < -0.3 is 10.1 Å². The molecule has 0 spiro atoms. The van der Waals surface area contributed by atoms with Gasteiger partial charge in [0.25, 0.3) is 0 Å². The van der Waals surface area contributed by atoms with E-state index in [-0.39, 0.29) is 12.8 Å². The van der Waals surface area contributed by atoms with E-state index in [9.17, 15) is 18.0 Å². The second kappa shape index (κ2) is 10.0. The van der Waals surface area contributed by atoms with E-state index in [0.29, 0.717) is 0 Å². The number of nitrogens with one attached hydrogen (secondary N) is 2. The largest absolute Gasteiger partial charge is 0.467 e. The molecule has 150 valence electrons. The Morgan fingerprint density at radius 3 is 1.79 bits per heavy atom. The minimum Gasteiger partial charge on any atom is -0.467 e. The van der Waals surface area contributed by atoms with Crippen LogP contribution in [0.4, 0.5) is 0 Å². The second-order valence-electron chi connectivity index (χ2n) is 6.41. The van der Waals surface area contributed by atoms with Gasteiger partial charge in [0.15, 0.2) is 0 Å². The molecular formula is C20H24N2O5S. The summed E-state index contributed by atoms with van der Waals surface area (Å²) in [6.07, 6.45) is 1.37. The van der Waals surface area contributed by atoms with E-state index in [1.807, 2.05) is 36.4 Å². The van der Waals surface area contributed by atoms with Gasteiger partial charge in [-0.25, -0.2) is 17.9 Å². The average Bonchev–Trinajstić information content (AvgIpc) is 2.67. The number of hydrogen-bond donors (Lipinski definition) is 2. The molecule has 28 heavy (non-hydrogen) atoms. The fourth-order valence-corrected chi connectivity index (χ4v) is 3.46. The highest BCUT2D eigenvalue weighted by atomic mass is 32.2. The monoisotopic (exact) mass is 404 g/mol. The Morgan fingerprint density at radius 2 is 1.36 bits per heavy atom. The average molecular weight is 404 g/mol. The minimum absolute atomic E-state index is 0.152. The fourth-order valence-electron chi connectivity index (χ4n) is 2.75. The van der Waals surface area contributed by atoms with Crippen LogP contribution < -0.4 is 10.0 Å². The maximum absolute atomic E-state index is 12.8. The molecule has 0 bridgehead atoms. The summed E-state index contributed by atoms with van der Waals surface area (Å²) in [5, 5.41) is 2.62. The quantitative estimate of drug-likeness (QED) is 0.609. The Hall–Kier alpha value is -2.71. The summed E-state index contributed by atoms with van der Waals surface area (Å²) < 4.78 is 30.6. The molecule has 0 saturated carbocycles. The molecular weight excluding hydrogens is 380 g/mol. The first kappa shape index (κ1) is 21.6. The molecule has 2 atom stereocenters. The van der Waals surface area contributed by atoms with Crippen LogP contribution in [-0.4, -0.2) is 45.7 Å². The van der Waals surface area contributed by atoms with Gasteiger partial charge in [-0.05, 0) is 17.5 Å². The molecule has 0 saturated heterocycles. The zero-order valence-corrected chi connectivity index (χ0v) is 16.6. The number of methoxy groups -OCH3 is 1. The highest BCUT2D eigenvalue weighted by molar-refractivity contribution is 7.88. The minimum atomic E-state index is -3.64. The van der Waals surface area contributed by atoms with Crippen molar-refractivity contribution in [3.8, 4) is 0 Å². The number of esters is 1. The van der Waals surface area contributed by atoms with Crippen LogP contribution >= 0.6 is 0 Å². The van der Waals surface area contributed by atoms with Gasteiger partial charge in [-0.15, -0.1) is 0 Å². The second-order valence-corrected chi connectivity index (χ2v) is 8.19. The molecule has 0 radical (unpaired) electrons. The summed E-state index contributed by atoms with van der Waals surface area (Å²) in [7, 11) is -2.40. The van der Waals surface area contributed by atoms with Gasteiger partial charge in [-0.1, -0.05) is 60.7 Å². The molecule has 8 heteroatoms. The van der Waals surface area contributed by atoms with Crippen LogP contribution in [-0.2, 0) is 37.2 Å². The molecule has 2 N–H and O–H groups in total. The molecule has 0 fully saturated rings. The lowest BCUT2D eigenvalue weighted by Crippen LogP contribution is -2.53. The van der Waals surface area contributed by atoms with E-state index in [4.69, 9.17) is 4.74 Å². The van der Waals surface area contributed by atoms with Crippen LogP contribution in [0.2, 0.25) is 0 Å². The lowest BCUT2D eigenvalue weighted by Gasteiger charge is -2.22. The molecule has 0 aliphatic rings. The van der Waals surface area contributed by atoms with E-state index < -0.39 is 34.0 Å². The van der Waals surface area contributed by atoms with Crippen molar-refractivity contribution >= 4 is 21.9 Å². The van der Waals surface area contributed by atoms with Crippen LogP contribution in [0.25, 0.3) is 0 Å². The summed E-state index contributed by atoms with van der Waals surface area (Å²) in [5.74, 6) is -1.20. The Labute approximate surface area is 165 Å². The molecule has 0 aromatic heterocycles. The van der Waals surface area contributed by atoms with Crippen LogP contribution in [0.3, 0.4) is 0 Å². The molecule has 2 rings (SSSR count). The number of hydrogen-bond acceptors (Lipinski definition) is 5. The Balaban J connectivity index is 2.18. The maximum Gasteiger partial charge on any atom is 0.328 e. The smallest absolute Gasteiger partial charge is 0.328 e. The SMILES string of the molecule is COC(=O)[C@H](Cc1ccccc1)NC(=O)[C@@H](Cc1ccccc1)NS(C)(=O)=O. The third-order valence-electron chi connectivity index (χ3n) is 4.04. The standard InChI is InChI=1S/C20H24N2O5S/c1-27-20(24)18(14-16-11-7-4-8-12-16)21-19(23)17(22-28(2,25)26)13-15-9-5-3-6-10-15/h3-12,17-18,22H,13-14H2,1-2H3,(H,21,23)/t17-,18+/m1/s1. The van der Waals surface area contributed by atoms with Crippen molar-refractivity contribution in [2.75, 3.05) is 13.4 Å². The van der Waals surface area contributed by atoms with E-state index in [1.165, 1.54) is 7.11 Å². The lowest BCUT2D eigenvalue weighted by atomic mass is 10.0. The lowest BCUT2D eigenvalue weighted by molar-refractivity contribution is -0.145. The zero-order chi connectivity index (χ0) is 20.6. The van der Waals surface area contributed by atoms with Crippen LogP contribution in [0.15, 0.2) is 60.7 Å². The number of carbonyl (C=O) groups excluding carboxylic acids is 2. The van der Waals surface area contributed by atoms with Crippen molar-refractivity contribution in [3.63, 3.8) is 0 Å². The summed E-state index contributed by atoms with van der Waals surface area (Å²) in [6, 6.07) is 16.2. The van der Waals surface area contributed by atoms with Crippen molar-refractivity contribution in [1.29, 1.82) is 0 Å². The van der Waals surface area contributed by atoms with E-state index in [2.05, 4.69) is 10.0 Å². The van der Waals surface area contributed by atoms with Gasteiger partial charge in [-0.3, -0.25) is 4.79 Å².